The first kappa shape index (κ1) is 41.9. The lowest BCUT2D eigenvalue weighted by Crippen LogP contribution is -2.45. The first-order chi connectivity index (χ1) is 29.3. The van der Waals surface area contributed by atoms with Gasteiger partial charge in [-0.1, -0.05) is 152 Å². The minimum absolute atomic E-state index is 0.00895. The minimum atomic E-state index is -1.13. The van der Waals surface area contributed by atoms with E-state index in [1.54, 1.807) is 0 Å². The van der Waals surface area contributed by atoms with Crippen LogP contribution in [-0.4, -0.2) is 49.0 Å². The van der Waals surface area contributed by atoms with Crippen LogP contribution in [0.15, 0.2) is 170 Å². The molecule has 12 nitrogen and oxygen atoms in total. The van der Waals surface area contributed by atoms with E-state index in [4.69, 9.17) is 9.47 Å². The van der Waals surface area contributed by atoms with Gasteiger partial charge < -0.3 is 36.1 Å². The van der Waals surface area contributed by atoms with Gasteiger partial charge in [0.1, 0.15) is 25.8 Å². The third-order valence-electron chi connectivity index (χ3n) is 9.39. The van der Waals surface area contributed by atoms with Crippen molar-refractivity contribution >= 4 is 41.3 Å². The van der Waals surface area contributed by atoms with Crippen molar-refractivity contribution in [3.63, 3.8) is 0 Å². The summed E-state index contributed by atoms with van der Waals surface area (Å²) in [6.07, 6.45) is -1.48. The molecule has 0 unspecified atom stereocenters. The number of benzene rings is 6. The molecule has 0 aliphatic rings. The Labute approximate surface area is 348 Å². The van der Waals surface area contributed by atoms with E-state index in [0.29, 0.717) is 0 Å². The second-order valence-corrected chi connectivity index (χ2v) is 13.7. The van der Waals surface area contributed by atoms with Gasteiger partial charge in [-0.05, 0) is 46.0 Å². The predicted octanol–water partition coefficient (Wildman–Crippen LogP) is 7.59. The van der Waals surface area contributed by atoms with Crippen molar-refractivity contribution in [2.24, 2.45) is 0 Å². The highest BCUT2D eigenvalue weighted by atomic mass is 16.6. The van der Waals surface area contributed by atoms with E-state index in [2.05, 4.69) is 26.6 Å². The summed E-state index contributed by atoms with van der Waals surface area (Å²) >= 11 is 0. The van der Waals surface area contributed by atoms with Gasteiger partial charge in [0.05, 0.1) is 11.3 Å². The number of hydrogen-bond donors (Lipinski definition) is 5. The molecular weight excluding hydrogens is 759 g/mol. The Morgan fingerprint density at radius 1 is 0.517 bits per heavy atom. The van der Waals surface area contributed by atoms with E-state index in [1.165, 1.54) is 18.2 Å². The second-order valence-electron chi connectivity index (χ2n) is 13.7. The summed E-state index contributed by atoms with van der Waals surface area (Å²) in [5.41, 5.74) is 4.73. The van der Waals surface area contributed by atoms with Crippen molar-refractivity contribution in [3.05, 3.63) is 203 Å². The first-order valence-electron chi connectivity index (χ1n) is 19.4. The Balaban J connectivity index is 1.20. The van der Waals surface area contributed by atoms with Gasteiger partial charge in [-0.15, -0.1) is 0 Å². The molecule has 0 saturated heterocycles. The molecule has 6 rings (SSSR count). The normalized spacial score (nSPS) is 11.1. The molecule has 5 N–H and O–H groups in total. The van der Waals surface area contributed by atoms with Crippen LogP contribution in [0.25, 0.3) is 0 Å². The fraction of sp³-hybridized carbons (Fsp3) is 0.146. The average molecular weight is 804 g/mol. The highest BCUT2D eigenvalue weighted by molar-refractivity contribution is 6.06. The van der Waals surface area contributed by atoms with Gasteiger partial charge in [-0.3, -0.25) is 14.4 Å². The van der Waals surface area contributed by atoms with Crippen molar-refractivity contribution in [2.45, 2.75) is 31.6 Å². The summed E-state index contributed by atoms with van der Waals surface area (Å²) in [5, 5.41) is 13.7. The van der Waals surface area contributed by atoms with Gasteiger partial charge in [-0.2, -0.15) is 0 Å². The lowest BCUT2D eigenvalue weighted by atomic mass is 9.91. The molecule has 0 aromatic heterocycles. The fourth-order valence-electron chi connectivity index (χ4n) is 6.33. The van der Waals surface area contributed by atoms with Gasteiger partial charge >= 0.3 is 12.2 Å². The van der Waals surface area contributed by atoms with Crippen LogP contribution in [0.3, 0.4) is 0 Å². The van der Waals surface area contributed by atoms with Crippen molar-refractivity contribution in [2.75, 3.05) is 23.7 Å². The number of alkyl carbamates (subject to hydrolysis) is 2. The quantitative estimate of drug-likeness (QED) is 0.0634. The third-order valence-corrected chi connectivity index (χ3v) is 9.39. The Morgan fingerprint density at radius 3 is 1.57 bits per heavy atom. The van der Waals surface area contributed by atoms with Crippen LogP contribution in [0.2, 0.25) is 0 Å². The molecule has 6 aromatic carbocycles. The van der Waals surface area contributed by atoms with Crippen LogP contribution < -0.4 is 26.6 Å². The largest absolute Gasteiger partial charge is 0.445 e. The Morgan fingerprint density at radius 2 is 1.02 bits per heavy atom. The third kappa shape index (κ3) is 12.9. The number of nitrogens with one attached hydrogen (secondary N) is 5. The predicted molar refractivity (Wildman–Crippen MR) is 229 cm³/mol. The number of carbonyl (C=O) groups is 5. The monoisotopic (exact) mass is 803 g/mol. The molecule has 0 bridgehead atoms. The maximum absolute atomic E-state index is 14.2. The van der Waals surface area contributed by atoms with E-state index in [9.17, 15) is 24.0 Å². The molecule has 0 aliphatic heterocycles. The molecule has 0 fully saturated rings. The second kappa shape index (κ2) is 21.7. The van der Waals surface area contributed by atoms with Crippen molar-refractivity contribution in [3.8, 4) is 0 Å². The summed E-state index contributed by atoms with van der Waals surface area (Å²) in [5.74, 6) is -1.89. The van der Waals surface area contributed by atoms with Crippen molar-refractivity contribution in [1.82, 2.24) is 16.0 Å². The van der Waals surface area contributed by atoms with Crippen molar-refractivity contribution < 1.29 is 33.4 Å². The molecule has 0 heterocycles. The SMILES string of the molecule is O=C(CNC(=O)OCc1ccccc1)Nc1ccc(C(=O)NCC(c2ccccc2)c2ccccc2)c(NC(=O)[C@H](Cc2ccccc2)NC(=O)OCc2ccccc2)c1. The molecule has 60 heavy (non-hydrogen) atoms. The zero-order chi connectivity index (χ0) is 41.9. The summed E-state index contributed by atoms with van der Waals surface area (Å²) in [7, 11) is 0. The van der Waals surface area contributed by atoms with Crippen LogP contribution >= 0.6 is 0 Å². The molecule has 6 aromatic rings. The molecule has 12 heteroatoms. The molecule has 0 spiro atoms. The number of anilines is 2. The van der Waals surface area contributed by atoms with Gasteiger partial charge in [0, 0.05) is 24.6 Å². The molecule has 0 aliphatic carbocycles. The molecule has 1 atom stereocenters. The Bertz CT molecular complexity index is 2290. The number of carbonyl (C=O) groups excluding carboxylic acids is 5. The number of rotatable bonds is 17. The highest BCUT2D eigenvalue weighted by Crippen LogP contribution is 2.26. The van der Waals surface area contributed by atoms with Crippen LogP contribution in [0, 0.1) is 0 Å². The number of hydrogen-bond acceptors (Lipinski definition) is 7. The maximum Gasteiger partial charge on any atom is 0.408 e. The summed E-state index contributed by atoms with van der Waals surface area (Å²) in [4.78, 5) is 66.5. The lowest BCUT2D eigenvalue weighted by molar-refractivity contribution is -0.118. The van der Waals surface area contributed by atoms with Gasteiger partial charge in [0.2, 0.25) is 11.8 Å². The number of amides is 5. The van der Waals surface area contributed by atoms with Crippen LogP contribution in [0.5, 0.6) is 0 Å². The topological polar surface area (TPSA) is 164 Å². The zero-order valence-corrected chi connectivity index (χ0v) is 32.7. The molecule has 5 amide bonds. The zero-order valence-electron chi connectivity index (χ0n) is 32.7. The Kier molecular flexibility index (Phi) is 15.2. The van der Waals surface area contributed by atoms with E-state index in [0.717, 1.165) is 27.8 Å². The highest BCUT2D eigenvalue weighted by Gasteiger charge is 2.25. The maximum atomic E-state index is 14.2. The molecule has 0 radical (unpaired) electrons. The summed E-state index contributed by atoms with van der Waals surface area (Å²) < 4.78 is 10.6. The average Bonchev–Trinajstić information content (AvgIpc) is 3.28. The fourth-order valence-corrected chi connectivity index (χ4v) is 6.33. The van der Waals surface area contributed by atoms with E-state index >= 15 is 0 Å². The smallest absolute Gasteiger partial charge is 0.408 e. The van der Waals surface area contributed by atoms with Crippen LogP contribution in [0.4, 0.5) is 21.0 Å². The summed E-state index contributed by atoms with van der Waals surface area (Å²) in [6.45, 7) is -0.156. The van der Waals surface area contributed by atoms with Gasteiger partial charge in [0.25, 0.3) is 5.91 Å². The first-order valence-corrected chi connectivity index (χ1v) is 19.4. The standard InChI is InChI=1S/C48H45N5O7/c54-44(31-50-47(57)59-32-35-18-8-2-9-19-35)51-39-26-27-40(45(55)49-30-41(37-22-12-4-13-23-37)38-24-14-5-15-25-38)42(29-39)52-46(56)43(28-34-16-6-1-7-17-34)53-48(58)60-33-36-20-10-3-11-21-36/h1-27,29,41,43H,28,30-33H2,(H,49,55)(H,50,57)(H,51,54)(H,52,56)(H,53,58)/t43-/m0/s1. The lowest BCUT2D eigenvalue weighted by Gasteiger charge is -2.21. The summed E-state index contributed by atoms with van der Waals surface area (Å²) in [6, 6.07) is 50.3. The molecule has 0 saturated carbocycles. The van der Waals surface area contributed by atoms with E-state index in [1.807, 2.05) is 152 Å². The Hall–Kier alpha value is -7.73. The van der Waals surface area contributed by atoms with E-state index < -0.39 is 42.5 Å². The van der Waals surface area contributed by atoms with Crippen LogP contribution in [-0.2, 0) is 38.7 Å². The van der Waals surface area contributed by atoms with Gasteiger partial charge in [-0.25, -0.2) is 9.59 Å². The van der Waals surface area contributed by atoms with Crippen LogP contribution in [0.1, 0.15) is 44.1 Å². The molecular formula is C48H45N5O7. The minimum Gasteiger partial charge on any atom is -0.445 e. The number of ether oxygens (including phenoxy) is 2. The van der Waals surface area contributed by atoms with Gasteiger partial charge in [0.15, 0.2) is 0 Å². The van der Waals surface area contributed by atoms with E-state index in [-0.39, 0.29) is 49.0 Å². The van der Waals surface area contributed by atoms with Crippen molar-refractivity contribution in [1.29, 1.82) is 0 Å². The molecule has 304 valence electrons.